The number of nitriles is 1. The summed E-state index contributed by atoms with van der Waals surface area (Å²) in [6, 6.07) is 1.70. The fourth-order valence-electron chi connectivity index (χ4n) is 0.853. The zero-order valence-corrected chi connectivity index (χ0v) is 8.96. The molecule has 6 heteroatoms. The lowest BCUT2D eigenvalue weighted by Crippen LogP contribution is -2.07. The van der Waals surface area contributed by atoms with Crippen molar-refractivity contribution in [1.82, 2.24) is 9.88 Å². The number of hydrogen-bond donors (Lipinski definition) is 0. The van der Waals surface area contributed by atoms with Crippen molar-refractivity contribution >= 4 is 23.6 Å². The van der Waals surface area contributed by atoms with Crippen LogP contribution in [0.4, 0.5) is 10.1 Å². The molecule has 78 valence electrons. The molecule has 0 aromatic carbocycles. The van der Waals surface area contributed by atoms with Crippen molar-refractivity contribution in [3.63, 3.8) is 0 Å². The van der Waals surface area contributed by atoms with Gasteiger partial charge in [-0.05, 0) is 0 Å². The van der Waals surface area contributed by atoms with Gasteiger partial charge in [-0.25, -0.2) is 14.4 Å². The monoisotopic (exact) mass is 226 g/mol. The molecule has 4 nitrogen and oxygen atoms in total. The summed E-state index contributed by atoms with van der Waals surface area (Å²) in [7, 11) is 3.49. The van der Waals surface area contributed by atoms with Gasteiger partial charge in [0.1, 0.15) is 17.3 Å². The zero-order chi connectivity index (χ0) is 11.4. The molecule has 15 heavy (non-hydrogen) atoms. The third-order valence-corrected chi connectivity index (χ3v) is 1.77. The van der Waals surface area contributed by atoms with Crippen molar-refractivity contribution < 1.29 is 4.39 Å². The van der Waals surface area contributed by atoms with Crippen LogP contribution in [0.1, 0.15) is 5.56 Å². The van der Waals surface area contributed by atoms with E-state index in [-0.39, 0.29) is 16.4 Å². The SMILES string of the molecule is CN(C)/C=N/c1c(Cl)ncc(F)c1C#N. The second kappa shape index (κ2) is 4.71. The summed E-state index contributed by atoms with van der Waals surface area (Å²) in [5.41, 5.74) is -0.152. The van der Waals surface area contributed by atoms with Gasteiger partial charge in [0.25, 0.3) is 0 Å². The van der Waals surface area contributed by atoms with Crippen molar-refractivity contribution in [2.75, 3.05) is 14.1 Å². The van der Waals surface area contributed by atoms with E-state index >= 15 is 0 Å². The van der Waals surface area contributed by atoms with Crippen molar-refractivity contribution in [2.24, 2.45) is 4.99 Å². The summed E-state index contributed by atoms with van der Waals surface area (Å²) in [4.78, 5) is 9.09. The van der Waals surface area contributed by atoms with Crippen molar-refractivity contribution in [1.29, 1.82) is 5.26 Å². The Morgan fingerprint density at radius 2 is 2.33 bits per heavy atom. The van der Waals surface area contributed by atoms with Gasteiger partial charge in [-0.3, -0.25) is 0 Å². The molecule has 0 bridgehead atoms. The van der Waals surface area contributed by atoms with Gasteiger partial charge in [0, 0.05) is 14.1 Å². The Kier molecular flexibility index (Phi) is 3.58. The first-order valence-electron chi connectivity index (χ1n) is 4.01. The normalized spacial score (nSPS) is 10.3. The van der Waals surface area contributed by atoms with Gasteiger partial charge in [0.2, 0.25) is 0 Å². The predicted octanol–water partition coefficient (Wildman–Crippen LogP) is 1.97. The van der Waals surface area contributed by atoms with E-state index in [2.05, 4.69) is 9.98 Å². The molecule has 0 fully saturated rings. The molecule has 0 radical (unpaired) electrons. The Labute approximate surface area is 91.6 Å². The number of aromatic nitrogens is 1. The molecule has 1 heterocycles. The lowest BCUT2D eigenvalue weighted by molar-refractivity contribution is 0.617. The van der Waals surface area contributed by atoms with Crippen LogP contribution < -0.4 is 0 Å². The van der Waals surface area contributed by atoms with Crippen LogP contribution in [-0.4, -0.2) is 30.3 Å². The molecule has 1 aromatic heterocycles. The first-order chi connectivity index (χ1) is 7.06. The lowest BCUT2D eigenvalue weighted by atomic mass is 10.2. The Balaban J connectivity index is 3.27. The summed E-state index contributed by atoms with van der Waals surface area (Å²) < 4.78 is 13.1. The number of halogens is 2. The highest BCUT2D eigenvalue weighted by atomic mass is 35.5. The molecule has 0 saturated heterocycles. The molecule has 1 rings (SSSR count). The number of rotatable bonds is 2. The van der Waals surface area contributed by atoms with Crippen LogP contribution in [0.3, 0.4) is 0 Å². The number of aliphatic imine (C=N–C) groups is 1. The van der Waals surface area contributed by atoms with Gasteiger partial charge < -0.3 is 4.90 Å². The van der Waals surface area contributed by atoms with Crippen LogP contribution >= 0.6 is 11.6 Å². The van der Waals surface area contributed by atoms with Crippen LogP contribution in [0.5, 0.6) is 0 Å². The summed E-state index contributed by atoms with van der Waals surface area (Å²) in [6.07, 6.45) is 2.32. The fourth-order valence-corrected chi connectivity index (χ4v) is 1.04. The highest BCUT2D eigenvalue weighted by Gasteiger charge is 2.12. The fraction of sp³-hybridized carbons (Fsp3) is 0.222. The van der Waals surface area contributed by atoms with Gasteiger partial charge in [-0.2, -0.15) is 5.26 Å². The quantitative estimate of drug-likeness (QED) is 0.440. The van der Waals surface area contributed by atoms with E-state index in [4.69, 9.17) is 16.9 Å². The first kappa shape index (κ1) is 11.4. The maximum atomic E-state index is 13.1. The van der Waals surface area contributed by atoms with E-state index in [1.807, 2.05) is 0 Å². The highest BCUT2D eigenvalue weighted by Crippen LogP contribution is 2.27. The van der Waals surface area contributed by atoms with Crippen LogP contribution in [0.25, 0.3) is 0 Å². The zero-order valence-electron chi connectivity index (χ0n) is 8.20. The molecule has 0 atom stereocenters. The molecular formula is C9H8ClFN4. The van der Waals surface area contributed by atoms with Gasteiger partial charge in [-0.1, -0.05) is 11.6 Å². The van der Waals surface area contributed by atoms with Gasteiger partial charge in [0.05, 0.1) is 12.5 Å². The summed E-state index contributed by atoms with van der Waals surface area (Å²) in [6.45, 7) is 0. The molecule has 0 aliphatic heterocycles. The van der Waals surface area contributed by atoms with Crippen molar-refractivity contribution in [3.05, 3.63) is 22.7 Å². The molecule has 0 amide bonds. The smallest absolute Gasteiger partial charge is 0.161 e. The van der Waals surface area contributed by atoms with E-state index in [1.165, 1.54) is 6.34 Å². The third-order valence-electron chi connectivity index (χ3n) is 1.49. The standard InChI is InChI=1S/C9H8ClFN4/c1-15(2)5-14-8-6(3-12)7(11)4-13-9(8)10/h4-5H,1-2H3/b14-5+. The Morgan fingerprint density at radius 1 is 1.67 bits per heavy atom. The number of pyridine rings is 1. The van der Waals surface area contributed by atoms with Crippen LogP contribution in [0.15, 0.2) is 11.2 Å². The average molecular weight is 227 g/mol. The van der Waals surface area contributed by atoms with E-state index < -0.39 is 5.82 Å². The average Bonchev–Trinajstić information content (AvgIpc) is 2.19. The number of hydrogen-bond acceptors (Lipinski definition) is 3. The van der Waals surface area contributed by atoms with Crippen molar-refractivity contribution in [3.8, 4) is 6.07 Å². The van der Waals surface area contributed by atoms with E-state index in [9.17, 15) is 4.39 Å². The van der Waals surface area contributed by atoms with Crippen LogP contribution in [0, 0.1) is 17.1 Å². The van der Waals surface area contributed by atoms with Gasteiger partial charge in [-0.15, -0.1) is 0 Å². The van der Waals surface area contributed by atoms with E-state index in [1.54, 1.807) is 25.1 Å². The summed E-state index contributed by atoms with van der Waals surface area (Å²) in [5, 5.41) is 8.73. The predicted molar refractivity (Wildman–Crippen MR) is 55.8 cm³/mol. The molecule has 0 aliphatic carbocycles. The second-order valence-corrected chi connectivity index (χ2v) is 3.30. The van der Waals surface area contributed by atoms with Gasteiger partial charge >= 0.3 is 0 Å². The minimum Gasteiger partial charge on any atom is -0.369 e. The van der Waals surface area contributed by atoms with Gasteiger partial charge in [0.15, 0.2) is 11.0 Å². The minimum atomic E-state index is -0.729. The Morgan fingerprint density at radius 3 is 2.87 bits per heavy atom. The highest BCUT2D eigenvalue weighted by molar-refractivity contribution is 6.32. The molecule has 0 unspecified atom stereocenters. The Bertz CT molecular complexity index is 436. The first-order valence-corrected chi connectivity index (χ1v) is 4.38. The maximum absolute atomic E-state index is 13.1. The molecule has 0 spiro atoms. The topological polar surface area (TPSA) is 52.3 Å². The van der Waals surface area contributed by atoms with E-state index in [0.29, 0.717) is 0 Å². The number of nitrogens with zero attached hydrogens (tertiary/aromatic N) is 4. The second-order valence-electron chi connectivity index (χ2n) is 2.94. The van der Waals surface area contributed by atoms with Crippen molar-refractivity contribution in [2.45, 2.75) is 0 Å². The lowest BCUT2D eigenvalue weighted by Gasteiger charge is -2.04. The van der Waals surface area contributed by atoms with Crippen LogP contribution in [0.2, 0.25) is 5.15 Å². The molecule has 0 N–H and O–H groups in total. The Hall–Kier alpha value is -1.67. The largest absolute Gasteiger partial charge is 0.369 e. The molecule has 0 aliphatic rings. The maximum Gasteiger partial charge on any atom is 0.161 e. The third kappa shape index (κ3) is 2.64. The summed E-state index contributed by atoms with van der Waals surface area (Å²) >= 11 is 5.70. The molecule has 0 saturated carbocycles. The molecular weight excluding hydrogens is 219 g/mol. The molecule has 1 aromatic rings. The summed E-state index contributed by atoms with van der Waals surface area (Å²) in [5.74, 6) is -0.729. The minimum absolute atomic E-state index is 0.00560. The van der Waals surface area contributed by atoms with E-state index in [0.717, 1.165) is 6.20 Å². The van der Waals surface area contributed by atoms with Crippen LogP contribution in [-0.2, 0) is 0 Å².